The normalized spacial score (nSPS) is 18.9. The van der Waals surface area contributed by atoms with Gasteiger partial charge in [0.1, 0.15) is 23.2 Å². The van der Waals surface area contributed by atoms with Gasteiger partial charge in [0, 0.05) is 16.7 Å². The lowest BCUT2D eigenvalue weighted by Gasteiger charge is -2.44. The second-order valence-corrected chi connectivity index (χ2v) is 12.3. The Morgan fingerprint density at radius 1 is 1.07 bits per heavy atom. The zero-order chi connectivity index (χ0) is 31.5. The highest BCUT2D eigenvalue weighted by molar-refractivity contribution is 6.31. The number of rotatable bonds is 10. The summed E-state index contributed by atoms with van der Waals surface area (Å²) >= 11 is 5.91. The van der Waals surface area contributed by atoms with Gasteiger partial charge in [0.2, 0.25) is 5.91 Å². The smallest absolute Gasteiger partial charge is 0.329 e. The van der Waals surface area contributed by atoms with Crippen LogP contribution in [0.15, 0.2) is 36.4 Å². The Morgan fingerprint density at radius 2 is 1.71 bits per heavy atom. The number of nitrogens with two attached hydrogens (primary N) is 1. The van der Waals surface area contributed by atoms with Crippen molar-refractivity contribution in [3.63, 3.8) is 0 Å². The molecule has 3 rings (SSSR count). The molecule has 228 valence electrons. The minimum atomic E-state index is -1.17. The summed E-state index contributed by atoms with van der Waals surface area (Å²) in [6, 6.07) is 5.50. The van der Waals surface area contributed by atoms with Gasteiger partial charge in [-0.15, -0.1) is 0 Å². The third-order valence-electron chi connectivity index (χ3n) is 7.10. The van der Waals surface area contributed by atoms with E-state index in [1.165, 1.54) is 19.1 Å². The van der Waals surface area contributed by atoms with Crippen molar-refractivity contribution >= 4 is 35.2 Å². The van der Waals surface area contributed by atoms with E-state index in [0.29, 0.717) is 23.3 Å². The molecule has 1 aliphatic rings. The van der Waals surface area contributed by atoms with Gasteiger partial charge in [-0.05, 0) is 75.4 Å². The van der Waals surface area contributed by atoms with E-state index in [9.17, 15) is 23.6 Å². The zero-order valence-electron chi connectivity index (χ0n) is 24.9. The number of fused-ring (bicyclic) bond motifs is 1. The number of ether oxygens (including phenoxy) is 2. The van der Waals surface area contributed by atoms with Crippen LogP contribution in [0.25, 0.3) is 0 Å². The number of carbonyl (C=O) groups is 4. The van der Waals surface area contributed by atoms with E-state index in [1.807, 2.05) is 13.8 Å². The van der Waals surface area contributed by atoms with Crippen LogP contribution < -0.4 is 21.1 Å². The van der Waals surface area contributed by atoms with Gasteiger partial charge >= 0.3 is 5.97 Å². The fourth-order valence-electron chi connectivity index (χ4n) is 4.81. The molecule has 4 atom stereocenters. The molecule has 0 radical (unpaired) electrons. The van der Waals surface area contributed by atoms with E-state index in [2.05, 4.69) is 10.6 Å². The first-order chi connectivity index (χ1) is 19.5. The Hall–Kier alpha value is -3.50. The molecule has 1 aliphatic heterocycles. The second-order valence-electron chi connectivity index (χ2n) is 11.9. The maximum absolute atomic E-state index is 13.8. The molecule has 11 heteroatoms. The SMILES string of the molecule is CC(=O)c1ccc2c(c1)[C@H](NC(=O)c1ccc(F)c(Cl)c1)[C@H](OC(=O)[C@@H](NC(=O)[C@@H](N)CC(C)C)C(C)C)C(C)(C)O2. The second kappa shape index (κ2) is 13.2. The summed E-state index contributed by atoms with van der Waals surface area (Å²) in [5.74, 6) is -2.53. The molecule has 0 aromatic heterocycles. The number of benzene rings is 2. The molecule has 9 nitrogen and oxygen atoms in total. The lowest BCUT2D eigenvalue weighted by atomic mass is 9.85. The summed E-state index contributed by atoms with van der Waals surface area (Å²) in [5, 5.41) is 5.35. The summed E-state index contributed by atoms with van der Waals surface area (Å²) in [6.07, 6.45) is -0.673. The Labute approximate surface area is 250 Å². The molecule has 0 fully saturated rings. The van der Waals surface area contributed by atoms with E-state index in [4.69, 9.17) is 26.8 Å². The highest BCUT2D eigenvalue weighted by Gasteiger charge is 2.48. The van der Waals surface area contributed by atoms with Crippen molar-refractivity contribution in [2.75, 3.05) is 0 Å². The fourth-order valence-corrected chi connectivity index (χ4v) is 4.99. The van der Waals surface area contributed by atoms with Crippen LogP contribution in [0.5, 0.6) is 5.75 Å². The predicted molar refractivity (Wildman–Crippen MR) is 157 cm³/mol. The number of ketones is 1. The topological polar surface area (TPSA) is 137 Å². The monoisotopic (exact) mass is 603 g/mol. The van der Waals surface area contributed by atoms with E-state index >= 15 is 0 Å². The van der Waals surface area contributed by atoms with Gasteiger partial charge in [0.05, 0.1) is 17.1 Å². The minimum absolute atomic E-state index is 0.0755. The Bertz CT molecular complexity index is 1360. The number of nitrogens with one attached hydrogen (secondary N) is 2. The van der Waals surface area contributed by atoms with Crippen molar-refractivity contribution in [2.24, 2.45) is 17.6 Å². The quantitative estimate of drug-likeness (QED) is 0.263. The Kier molecular flexibility index (Phi) is 10.4. The average Bonchev–Trinajstić information content (AvgIpc) is 2.89. The summed E-state index contributed by atoms with van der Waals surface area (Å²) in [5.41, 5.74) is 5.72. The number of esters is 1. The molecule has 0 spiro atoms. The molecule has 4 N–H and O–H groups in total. The van der Waals surface area contributed by atoms with Crippen molar-refractivity contribution in [3.8, 4) is 5.75 Å². The number of amides is 2. The lowest BCUT2D eigenvalue weighted by molar-refractivity contribution is -0.169. The van der Waals surface area contributed by atoms with Crippen LogP contribution in [0.4, 0.5) is 4.39 Å². The largest absolute Gasteiger partial charge is 0.484 e. The molecule has 1 heterocycles. The maximum Gasteiger partial charge on any atom is 0.329 e. The third-order valence-corrected chi connectivity index (χ3v) is 7.39. The molecule has 0 unspecified atom stereocenters. The number of Topliss-reactive ketones (excluding diaryl/α,β-unsaturated/α-hetero) is 1. The van der Waals surface area contributed by atoms with Gasteiger partial charge in [-0.1, -0.05) is 39.3 Å². The van der Waals surface area contributed by atoms with E-state index < -0.39 is 53.4 Å². The summed E-state index contributed by atoms with van der Waals surface area (Å²) in [6.45, 7) is 12.2. The first kappa shape index (κ1) is 33.0. The molecule has 0 aliphatic carbocycles. The van der Waals surface area contributed by atoms with E-state index in [1.54, 1.807) is 45.9 Å². The first-order valence-electron chi connectivity index (χ1n) is 13.9. The van der Waals surface area contributed by atoms with E-state index in [-0.39, 0.29) is 28.2 Å². The van der Waals surface area contributed by atoms with Gasteiger partial charge in [-0.3, -0.25) is 14.4 Å². The molecule has 42 heavy (non-hydrogen) atoms. The highest BCUT2D eigenvalue weighted by atomic mass is 35.5. The van der Waals surface area contributed by atoms with Gasteiger partial charge in [-0.25, -0.2) is 9.18 Å². The summed E-state index contributed by atoms with van der Waals surface area (Å²) in [4.78, 5) is 52.0. The van der Waals surface area contributed by atoms with Crippen molar-refractivity contribution < 1.29 is 33.0 Å². The average molecular weight is 604 g/mol. The van der Waals surface area contributed by atoms with Gasteiger partial charge in [0.15, 0.2) is 11.9 Å². The molecule has 0 bridgehead atoms. The standard InChI is InChI=1S/C31H39ClFN3O6/c1-15(2)12-23(34)29(39)35-25(16(3)4)30(40)41-27-26(36-28(38)19-8-10-22(33)21(32)14-19)20-13-18(17(5)37)9-11-24(20)42-31(27,6)7/h8-11,13-16,23,25-27H,12,34H2,1-7H3,(H,35,39)(H,36,38)/t23-,25-,26-,27-/m0/s1. The van der Waals surface area contributed by atoms with Crippen LogP contribution in [-0.2, 0) is 14.3 Å². The van der Waals surface area contributed by atoms with Gasteiger partial charge in [0.25, 0.3) is 5.91 Å². The number of hydrogen-bond acceptors (Lipinski definition) is 7. The lowest BCUT2D eigenvalue weighted by Crippen LogP contribution is -2.58. The van der Waals surface area contributed by atoms with Crippen molar-refractivity contribution in [2.45, 2.75) is 84.7 Å². The van der Waals surface area contributed by atoms with Crippen molar-refractivity contribution in [1.82, 2.24) is 10.6 Å². The van der Waals surface area contributed by atoms with Crippen LogP contribution >= 0.6 is 11.6 Å². The first-order valence-corrected chi connectivity index (χ1v) is 14.3. The molecule has 0 saturated carbocycles. The predicted octanol–water partition coefficient (Wildman–Crippen LogP) is 4.75. The van der Waals surface area contributed by atoms with Crippen LogP contribution in [-0.4, -0.2) is 47.4 Å². The van der Waals surface area contributed by atoms with Crippen LogP contribution in [0, 0.1) is 17.7 Å². The maximum atomic E-state index is 13.8. The van der Waals surface area contributed by atoms with Crippen molar-refractivity contribution in [1.29, 1.82) is 0 Å². The molecule has 2 amide bonds. The van der Waals surface area contributed by atoms with Crippen molar-refractivity contribution in [3.05, 3.63) is 63.9 Å². The summed E-state index contributed by atoms with van der Waals surface area (Å²) < 4.78 is 26.0. The van der Waals surface area contributed by atoms with Gasteiger partial charge in [-0.2, -0.15) is 0 Å². The highest BCUT2D eigenvalue weighted by Crippen LogP contribution is 2.42. The number of halogens is 2. The van der Waals surface area contributed by atoms with E-state index in [0.717, 1.165) is 6.07 Å². The van der Waals surface area contributed by atoms with Crippen LogP contribution in [0.3, 0.4) is 0 Å². The minimum Gasteiger partial charge on any atom is -0.484 e. The van der Waals surface area contributed by atoms with Crippen LogP contribution in [0.1, 0.15) is 87.2 Å². The molecule has 0 saturated heterocycles. The summed E-state index contributed by atoms with van der Waals surface area (Å²) in [7, 11) is 0. The molecule has 2 aromatic rings. The zero-order valence-corrected chi connectivity index (χ0v) is 25.7. The molecular weight excluding hydrogens is 565 g/mol. The fraction of sp³-hybridized carbons (Fsp3) is 0.484. The molecular formula is C31H39ClFN3O6. The van der Waals surface area contributed by atoms with Crippen LogP contribution in [0.2, 0.25) is 5.02 Å². The van der Waals surface area contributed by atoms with Gasteiger partial charge < -0.3 is 25.8 Å². The number of hydrogen-bond donors (Lipinski definition) is 3. The third kappa shape index (κ3) is 7.66. The number of carbonyl (C=O) groups excluding carboxylic acids is 4. The Morgan fingerprint density at radius 3 is 2.29 bits per heavy atom. The Balaban J connectivity index is 2.00. The molecule has 2 aromatic carbocycles.